The molecule has 0 aliphatic carbocycles. The number of aromatic nitrogens is 2. The molecule has 0 bridgehead atoms. The van der Waals surface area contributed by atoms with Crippen molar-refractivity contribution >= 4 is 50.2 Å². The van der Waals surface area contributed by atoms with Crippen molar-refractivity contribution in [3.05, 3.63) is 57.8 Å². The molecule has 1 atom stereocenters. The van der Waals surface area contributed by atoms with Crippen LogP contribution in [0.15, 0.2) is 46.9 Å². The highest BCUT2D eigenvalue weighted by molar-refractivity contribution is 9.10. The van der Waals surface area contributed by atoms with Crippen molar-refractivity contribution in [3.63, 3.8) is 0 Å². The van der Waals surface area contributed by atoms with Crippen LogP contribution in [-0.2, 0) is 0 Å². The van der Waals surface area contributed by atoms with Crippen molar-refractivity contribution in [2.24, 2.45) is 0 Å². The summed E-state index contributed by atoms with van der Waals surface area (Å²) in [5.74, 6) is 0.785. The number of para-hydroxylation sites is 1. The van der Waals surface area contributed by atoms with Gasteiger partial charge < -0.3 is 0 Å². The van der Waals surface area contributed by atoms with Gasteiger partial charge in [0, 0.05) is 10.2 Å². The Morgan fingerprint density at radius 3 is 2.65 bits per heavy atom. The molecule has 0 radical (unpaired) electrons. The van der Waals surface area contributed by atoms with Crippen molar-refractivity contribution in [2.45, 2.75) is 12.3 Å². The Labute approximate surface area is 135 Å². The van der Waals surface area contributed by atoms with Crippen LogP contribution in [-0.4, -0.2) is 9.55 Å². The van der Waals surface area contributed by atoms with Crippen LogP contribution in [0.1, 0.15) is 18.1 Å². The number of alkyl halides is 1. The molecule has 1 unspecified atom stereocenters. The molecule has 2 nitrogen and oxygen atoms in total. The molecule has 102 valence electrons. The molecule has 0 aliphatic rings. The Kier molecular flexibility index (Phi) is 3.76. The summed E-state index contributed by atoms with van der Waals surface area (Å²) in [6.07, 6.45) is 0. The van der Waals surface area contributed by atoms with Crippen molar-refractivity contribution in [1.82, 2.24) is 9.55 Å². The van der Waals surface area contributed by atoms with E-state index in [0.29, 0.717) is 5.02 Å². The third-order valence-electron chi connectivity index (χ3n) is 3.08. The molecule has 3 aromatic rings. The van der Waals surface area contributed by atoms with Crippen LogP contribution in [0.3, 0.4) is 0 Å². The molecule has 20 heavy (non-hydrogen) atoms. The van der Waals surface area contributed by atoms with Gasteiger partial charge in [-0.3, -0.25) is 4.57 Å². The summed E-state index contributed by atoms with van der Waals surface area (Å²) in [5.41, 5.74) is 2.74. The van der Waals surface area contributed by atoms with Crippen LogP contribution < -0.4 is 0 Å². The highest BCUT2D eigenvalue weighted by Gasteiger charge is 2.17. The van der Waals surface area contributed by atoms with E-state index in [2.05, 4.69) is 20.9 Å². The monoisotopic (exact) mass is 368 g/mol. The summed E-state index contributed by atoms with van der Waals surface area (Å²) in [5, 5.41) is 0.423. The lowest BCUT2D eigenvalue weighted by Gasteiger charge is -2.11. The molecule has 3 rings (SSSR count). The number of hydrogen-bond donors (Lipinski definition) is 0. The molecular formula is C15H11BrCl2N2. The van der Waals surface area contributed by atoms with E-state index < -0.39 is 0 Å². The second kappa shape index (κ2) is 5.40. The fourth-order valence-corrected chi connectivity index (χ4v) is 2.98. The molecule has 0 saturated carbocycles. The second-order valence-corrected chi connectivity index (χ2v) is 6.49. The Hall–Kier alpha value is -1.03. The Bertz CT molecular complexity index is 781. The Balaban J connectivity index is 2.38. The van der Waals surface area contributed by atoms with Gasteiger partial charge in [-0.15, -0.1) is 11.6 Å². The largest absolute Gasteiger partial charge is 0.295 e. The second-order valence-electron chi connectivity index (χ2n) is 4.51. The SMILES string of the molecule is CC(Cl)c1nc2c(Cl)cccc2n1-c1cccc(Br)c1. The molecule has 0 amide bonds. The topological polar surface area (TPSA) is 17.8 Å². The molecule has 1 aromatic heterocycles. The van der Waals surface area contributed by atoms with E-state index in [4.69, 9.17) is 23.2 Å². The van der Waals surface area contributed by atoms with Crippen LogP contribution in [0, 0.1) is 0 Å². The minimum atomic E-state index is -0.211. The zero-order valence-corrected chi connectivity index (χ0v) is 13.7. The molecular weight excluding hydrogens is 359 g/mol. The average molecular weight is 370 g/mol. The van der Waals surface area contributed by atoms with Crippen molar-refractivity contribution in [1.29, 1.82) is 0 Å². The van der Waals surface area contributed by atoms with Gasteiger partial charge in [0.1, 0.15) is 11.3 Å². The van der Waals surface area contributed by atoms with Crippen LogP contribution in [0.5, 0.6) is 0 Å². The highest BCUT2D eigenvalue weighted by Crippen LogP contribution is 2.32. The third-order valence-corrected chi connectivity index (χ3v) is 4.08. The molecule has 2 aromatic carbocycles. The lowest BCUT2D eigenvalue weighted by molar-refractivity contribution is 0.882. The summed E-state index contributed by atoms with van der Waals surface area (Å²) in [6, 6.07) is 13.8. The van der Waals surface area contributed by atoms with E-state index >= 15 is 0 Å². The van der Waals surface area contributed by atoms with E-state index in [1.54, 1.807) is 0 Å². The number of imidazole rings is 1. The van der Waals surface area contributed by atoms with Crippen molar-refractivity contribution < 1.29 is 0 Å². The van der Waals surface area contributed by atoms with Gasteiger partial charge in [0.15, 0.2) is 0 Å². The predicted molar refractivity (Wildman–Crippen MR) is 88.0 cm³/mol. The number of benzene rings is 2. The lowest BCUT2D eigenvalue weighted by atomic mass is 10.2. The van der Waals surface area contributed by atoms with Crippen LogP contribution in [0.4, 0.5) is 0 Å². The Morgan fingerprint density at radius 2 is 1.95 bits per heavy atom. The van der Waals surface area contributed by atoms with E-state index in [9.17, 15) is 0 Å². The quantitative estimate of drug-likeness (QED) is 0.526. The van der Waals surface area contributed by atoms with E-state index in [-0.39, 0.29) is 5.38 Å². The van der Waals surface area contributed by atoms with Crippen LogP contribution in [0.25, 0.3) is 16.7 Å². The maximum Gasteiger partial charge on any atom is 0.132 e. The first-order chi connectivity index (χ1) is 9.58. The normalized spacial score (nSPS) is 12.8. The van der Waals surface area contributed by atoms with Crippen LogP contribution >= 0.6 is 39.1 Å². The number of hydrogen-bond acceptors (Lipinski definition) is 1. The predicted octanol–water partition coefficient (Wildman–Crippen LogP) is 5.74. The van der Waals surface area contributed by atoms with Gasteiger partial charge in [0.05, 0.1) is 15.9 Å². The fraction of sp³-hybridized carbons (Fsp3) is 0.133. The summed E-state index contributed by atoms with van der Waals surface area (Å²) in [4.78, 5) is 4.60. The van der Waals surface area contributed by atoms with Gasteiger partial charge in [0.25, 0.3) is 0 Å². The average Bonchev–Trinajstić information content (AvgIpc) is 2.80. The maximum atomic E-state index is 6.28. The minimum absolute atomic E-state index is 0.211. The minimum Gasteiger partial charge on any atom is -0.295 e. The molecule has 0 N–H and O–H groups in total. The molecule has 0 saturated heterocycles. The molecule has 0 fully saturated rings. The summed E-state index contributed by atoms with van der Waals surface area (Å²) >= 11 is 16.0. The smallest absolute Gasteiger partial charge is 0.132 e. The highest BCUT2D eigenvalue weighted by atomic mass is 79.9. The van der Waals surface area contributed by atoms with Gasteiger partial charge in [-0.25, -0.2) is 4.98 Å². The van der Waals surface area contributed by atoms with Crippen molar-refractivity contribution in [3.8, 4) is 5.69 Å². The van der Waals surface area contributed by atoms with Gasteiger partial charge in [-0.05, 0) is 37.3 Å². The summed E-state index contributed by atoms with van der Waals surface area (Å²) in [7, 11) is 0. The molecule has 0 spiro atoms. The standard InChI is InChI=1S/C15H11BrCl2N2/c1-9(17)15-19-14-12(18)6-3-7-13(14)20(15)11-5-2-4-10(16)8-11/h2-9H,1H3. The van der Waals surface area contributed by atoms with E-state index in [0.717, 1.165) is 27.0 Å². The molecule has 5 heteroatoms. The number of nitrogens with zero attached hydrogens (tertiary/aromatic N) is 2. The number of halogens is 3. The van der Waals surface area contributed by atoms with Crippen molar-refractivity contribution in [2.75, 3.05) is 0 Å². The number of rotatable bonds is 2. The van der Waals surface area contributed by atoms with Gasteiger partial charge in [-0.1, -0.05) is 39.7 Å². The first-order valence-corrected chi connectivity index (χ1v) is 7.75. The number of fused-ring (bicyclic) bond motifs is 1. The molecule has 0 aliphatic heterocycles. The van der Waals surface area contributed by atoms with Gasteiger partial charge in [-0.2, -0.15) is 0 Å². The first-order valence-electron chi connectivity index (χ1n) is 6.15. The maximum absolute atomic E-state index is 6.28. The fourth-order valence-electron chi connectivity index (χ4n) is 2.24. The first kappa shape index (κ1) is 13.9. The summed E-state index contributed by atoms with van der Waals surface area (Å²) in [6.45, 7) is 1.91. The Morgan fingerprint density at radius 1 is 1.20 bits per heavy atom. The summed E-state index contributed by atoms with van der Waals surface area (Å²) < 4.78 is 3.05. The van der Waals surface area contributed by atoms with Gasteiger partial charge >= 0.3 is 0 Å². The van der Waals surface area contributed by atoms with Gasteiger partial charge in [0.2, 0.25) is 0 Å². The van der Waals surface area contributed by atoms with E-state index in [1.165, 1.54) is 0 Å². The van der Waals surface area contributed by atoms with E-state index in [1.807, 2.05) is 54.0 Å². The zero-order chi connectivity index (χ0) is 14.3. The van der Waals surface area contributed by atoms with Crippen LogP contribution in [0.2, 0.25) is 5.02 Å². The third kappa shape index (κ3) is 2.34. The molecule has 1 heterocycles. The zero-order valence-electron chi connectivity index (χ0n) is 10.6. The lowest BCUT2D eigenvalue weighted by Crippen LogP contribution is -2.01.